The minimum atomic E-state index is -0.300. The van der Waals surface area contributed by atoms with Crippen molar-refractivity contribution in [2.75, 3.05) is 7.11 Å². The zero-order valence-electron chi connectivity index (χ0n) is 8.89. The van der Waals surface area contributed by atoms with E-state index in [0.717, 1.165) is 12.8 Å². The summed E-state index contributed by atoms with van der Waals surface area (Å²) in [5.74, 6) is -0.0180. The molecule has 0 aliphatic rings. The molecule has 0 saturated carbocycles. The summed E-state index contributed by atoms with van der Waals surface area (Å²) < 4.78 is 0. The lowest BCUT2D eigenvalue weighted by Gasteiger charge is -2.18. The Labute approximate surface area is 80.0 Å². The second-order valence-corrected chi connectivity index (χ2v) is 3.07. The summed E-state index contributed by atoms with van der Waals surface area (Å²) in [4.78, 5) is 16.1. The van der Waals surface area contributed by atoms with E-state index in [9.17, 15) is 4.79 Å². The smallest absolute Gasteiger partial charge is 0.239 e. The van der Waals surface area contributed by atoms with Crippen molar-refractivity contribution in [2.24, 2.45) is 0 Å². The first kappa shape index (κ1) is 12.4. The summed E-state index contributed by atoms with van der Waals surface area (Å²) in [5.41, 5.74) is 2.59. The van der Waals surface area contributed by atoms with Gasteiger partial charge >= 0.3 is 0 Å². The van der Waals surface area contributed by atoms with E-state index in [2.05, 4.69) is 29.5 Å². The lowest BCUT2D eigenvalue weighted by atomic mass is 10.1. The number of nitrogens with one attached hydrogen (secondary N) is 2. The van der Waals surface area contributed by atoms with Crippen LogP contribution in [0.1, 0.15) is 33.6 Å². The van der Waals surface area contributed by atoms with Crippen molar-refractivity contribution in [1.82, 2.24) is 10.8 Å². The van der Waals surface area contributed by atoms with E-state index in [1.165, 1.54) is 7.11 Å². The summed E-state index contributed by atoms with van der Waals surface area (Å²) in [7, 11) is 1.50. The van der Waals surface area contributed by atoms with Gasteiger partial charge in [0.15, 0.2) is 0 Å². The highest BCUT2D eigenvalue weighted by molar-refractivity contribution is 5.81. The largest absolute Gasteiger partial charge is 0.352 e. The van der Waals surface area contributed by atoms with Crippen molar-refractivity contribution in [1.29, 1.82) is 0 Å². The van der Waals surface area contributed by atoms with Gasteiger partial charge in [-0.3, -0.25) is 4.79 Å². The van der Waals surface area contributed by atoms with Crippen LogP contribution in [0.3, 0.4) is 0 Å². The molecule has 0 heterocycles. The van der Waals surface area contributed by atoms with Crippen LogP contribution in [-0.2, 0) is 9.63 Å². The molecule has 0 aromatic rings. The van der Waals surface area contributed by atoms with Crippen LogP contribution >= 0.6 is 0 Å². The maximum absolute atomic E-state index is 11.4. The molecule has 0 rings (SSSR count). The van der Waals surface area contributed by atoms with Crippen molar-refractivity contribution < 1.29 is 9.63 Å². The monoisotopic (exact) mass is 188 g/mol. The summed E-state index contributed by atoms with van der Waals surface area (Å²) in [6.45, 7) is 5.88. The molecule has 0 aromatic carbocycles. The Kier molecular flexibility index (Phi) is 6.54. The first-order valence-electron chi connectivity index (χ1n) is 4.74. The van der Waals surface area contributed by atoms with Gasteiger partial charge in [0.05, 0.1) is 7.11 Å². The van der Waals surface area contributed by atoms with Crippen LogP contribution in [-0.4, -0.2) is 25.1 Å². The Hall–Kier alpha value is -0.610. The molecular weight excluding hydrogens is 168 g/mol. The standard InChI is InChI=1S/C9H20N2O2/c1-5-8(6-2)10-9(12)7(3)11-13-4/h7-8,11H,5-6H2,1-4H3,(H,10,12). The number of hydrogen-bond acceptors (Lipinski definition) is 3. The van der Waals surface area contributed by atoms with Gasteiger partial charge in [-0.05, 0) is 19.8 Å². The van der Waals surface area contributed by atoms with Gasteiger partial charge in [0.25, 0.3) is 0 Å². The summed E-state index contributed by atoms with van der Waals surface area (Å²) >= 11 is 0. The van der Waals surface area contributed by atoms with E-state index in [1.807, 2.05) is 0 Å². The van der Waals surface area contributed by atoms with E-state index in [-0.39, 0.29) is 18.0 Å². The van der Waals surface area contributed by atoms with Gasteiger partial charge in [0.2, 0.25) is 5.91 Å². The number of carbonyl (C=O) groups is 1. The van der Waals surface area contributed by atoms with Crippen LogP contribution in [0.5, 0.6) is 0 Å². The van der Waals surface area contributed by atoms with Gasteiger partial charge in [-0.2, -0.15) is 5.48 Å². The molecule has 1 atom stereocenters. The fourth-order valence-corrected chi connectivity index (χ4v) is 1.05. The average Bonchev–Trinajstić information content (AvgIpc) is 2.14. The topological polar surface area (TPSA) is 50.4 Å². The quantitative estimate of drug-likeness (QED) is 0.607. The molecule has 0 radical (unpaired) electrons. The number of hydrogen-bond donors (Lipinski definition) is 2. The molecule has 0 fully saturated rings. The predicted molar refractivity (Wildman–Crippen MR) is 52.1 cm³/mol. The van der Waals surface area contributed by atoms with Crippen LogP contribution in [0.4, 0.5) is 0 Å². The Bertz CT molecular complexity index is 147. The third-order valence-corrected chi connectivity index (χ3v) is 2.02. The number of amides is 1. The highest BCUT2D eigenvalue weighted by Gasteiger charge is 2.14. The van der Waals surface area contributed by atoms with Crippen molar-refractivity contribution in [3.05, 3.63) is 0 Å². The predicted octanol–water partition coefficient (Wildman–Crippen LogP) is 0.831. The molecule has 0 aromatic heterocycles. The highest BCUT2D eigenvalue weighted by Crippen LogP contribution is 1.96. The molecule has 1 amide bonds. The zero-order chi connectivity index (χ0) is 10.3. The summed E-state index contributed by atoms with van der Waals surface area (Å²) in [5, 5.41) is 2.92. The van der Waals surface area contributed by atoms with E-state index in [4.69, 9.17) is 0 Å². The number of rotatable bonds is 6. The highest BCUT2D eigenvalue weighted by atomic mass is 16.6. The molecule has 0 saturated heterocycles. The summed E-state index contributed by atoms with van der Waals surface area (Å²) in [6, 6.07) is -0.0285. The molecule has 4 heteroatoms. The van der Waals surface area contributed by atoms with Crippen molar-refractivity contribution in [3.63, 3.8) is 0 Å². The van der Waals surface area contributed by atoms with Crippen LogP contribution in [0.15, 0.2) is 0 Å². The molecule has 0 spiro atoms. The SMILES string of the molecule is CCC(CC)NC(=O)C(C)NOC. The van der Waals surface area contributed by atoms with Gasteiger partial charge in [0.1, 0.15) is 6.04 Å². The molecule has 2 N–H and O–H groups in total. The zero-order valence-corrected chi connectivity index (χ0v) is 8.89. The van der Waals surface area contributed by atoms with E-state index >= 15 is 0 Å². The Morgan fingerprint density at radius 1 is 1.38 bits per heavy atom. The maximum atomic E-state index is 11.4. The van der Waals surface area contributed by atoms with Gasteiger partial charge < -0.3 is 10.2 Å². The second-order valence-electron chi connectivity index (χ2n) is 3.07. The van der Waals surface area contributed by atoms with Crippen LogP contribution < -0.4 is 10.8 Å². The van der Waals surface area contributed by atoms with Crippen molar-refractivity contribution in [2.45, 2.75) is 45.7 Å². The van der Waals surface area contributed by atoms with Crippen molar-refractivity contribution >= 4 is 5.91 Å². The maximum Gasteiger partial charge on any atom is 0.239 e. The van der Waals surface area contributed by atoms with Crippen LogP contribution in [0, 0.1) is 0 Å². The lowest BCUT2D eigenvalue weighted by molar-refractivity contribution is -0.126. The van der Waals surface area contributed by atoms with E-state index in [1.54, 1.807) is 6.92 Å². The molecule has 1 unspecified atom stereocenters. The van der Waals surface area contributed by atoms with Crippen LogP contribution in [0.2, 0.25) is 0 Å². The van der Waals surface area contributed by atoms with Gasteiger partial charge in [-0.1, -0.05) is 13.8 Å². The van der Waals surface area contributed by atoms with Crippen LogP contribution in [0.25, 0.3) is 0 Å². The third-order valence-electron chi connectivity index (χ3n) is 2.02. The molecular formula is C9H20N2O2. The first-order chi connectivity index (χ1) is 6.15. The lowest BCUT2D eigenvalue weighted by Crippen LogP contribution is -2.45. The normalized spacial score (nSPS) is 13.0. The summed E-state index contributed by atoms with van der Waals surface area (Å²) in [6.07, 6.45) is 1.92. The fraction of sp³-hybridized carbons (Fsp3) is 0.889. The molecule has 0 bridgehead atoms. The molecule has 0 aliphatic carbocycles. The molecule has 13 heavy (non-hydrogen) atoms. The number of carbonyl (C=O) groups excluding carboxylic acids is 1. The van der Waals surface area contributed by atoms with E-state index in [0.29, 0.717) is 0 Å². The minimum absolute atomic E-state index is 0.0180. The molecule has 4 nitrogen and oxygen atoms in total. The average molecular weight is 188 g/mol. The molecule has 78 valence electrons. The Morgan fingerprint density at radius 3 is 2.31 bits per heavy atom. The number of hydroxylamine groups is 1. The minimum Gasteiger partial charge on any atom is -0.352 e. The Balaban J connectivity index is 3.83. The van der Waals surface area contributed by atoms with Gasteiger partial charge in [-0.25, -0.2) is 0 Å². The van der Waals surface area contributed by atoms with Gasteiger partial charge in [0, 0.05) is 6.04 Å². The fourth-order valence-electron chi connectivity index (χ4n) is 1.05. The second kappa shape index (κ2) is 6.86. The van der Waals surface area contributed by atoms with Crippen molar-refractivity contribution in [3.8, 4) is 0 Å². The third kappa shape index (κ3) is 4.85. The van der Waals surface area contributed by atoms with Gasteiger partial charge in [-0.15, -0.1) is 0 Å². The Morgan fingerprint density at radius 2 is 1.92 bits per heavy atom. The first-order valence-corrected chi connectivity index (χ1v) is 4.74. The van der Waals surface area contributed by atoms with E-state index < -0.39 is 0 Å². The molecule has 0 aliphatic heterocycles.